The average Bonchev–Trinajstić information content (AvgIpc) is 2.84. The fraction of sp³-hybridized carbons (Fsp3) is 0.133. The first-order valence-corrected chi connectivity index (χ1v) is 8.16. The van der Waals surface area contributed by atoms with E-state index in [9.17, 15) is 4.79 Å². The maximum atomic E-state index is 12.1. The quantitative estimate of drug-likeness (QED) is 0.913. The Labute approximate surface area is 141 Å². The van der Waals surface area contributed by atoms with Crippen LogP contribution in [-0.4, -0.2) is 21.3 Å². The molecule has 1 aliphatic heterocycles. The normalized spacial score (nSPS) is 19.5. The number of amidine groups is 1. The van der Waals surface area contributed by atoms with Crippen LogP contribution in [0.3, 0.4) is 0 Å². The third-order valence-corrected chi connectivity index (χ3v) is 4.74. The number of aliphatic imine (C=N–C) groups is 1. The van der Waals surface area contributed by atoms with Crippen molar-refractivity contribution < 1.29 is 4.79 Å². The molecule has 7 heteroatoms. The van der Waals surface area contributed by atoms with Gasteiger partial charge in [-0.3, -0.25) is 4.79 Å². The van der Waals surface area contributed by atoms with E-state index in [0.29, 0.717) is 27.5 Å². The van der Waals surface area contributed by atoms with Gasteiger partial charge >= 0.3 is 0 Å². The van der Waals surface area contributed by atoms with Gasteiger partial charge in [0, 0.05) is 16.2 Å². The number of rotatable bonds is 3. The zero-order chi connectivity index (χ0) is 15.5. The Balaban J connectivity index is 1.75. The molecule has 4 nitrogen and oxygen atoms in total. The molecule has 0 radical (unpaired) electrons. The summed E-state index contributed by atoms with van der Waals surface area (Å²) in [6.45, 7) is 0. The number of pyridine rings is 1. The minimum absolute atomic E-state index is 0.0873. The summed E-state index contributed by atoms with van der Waals surface area (Å²) >= 11 is 13.5. The van der Waals surface area contributed by atoms with Crippen LogP contribution in [-0.2, 0) is 11.2 Å². The molecule has 1 unspecified atom stereocenters. The lowest BCUT2D eigenvalue weighted by atomic mass is 10.1. The summed E-state index contributed by atoms with van der Waals surface area (Å²) in [7, 11) is 0. The average molecular weight is 352 g/mol. The van der Waals surface area contributed by atoms with Gasteiger partial charge in [-0.2, -0.15) is 0 Å². The summed E-state index contributed by atoms with van der Waals surface area (Å²) in [5.74, 6) is 0.475. The van der Waals surface area contributed by atoms with Crippen LogP contribution in [0.1, 0.15) is 5.56 Å². The second kappa shape index (κ2) is 6.69. The van der Waals surface area contributed by atoms with Gasteiger partial charge in [-0.05, 0) is 42.3 Å². The molecule has 1 N–H and O–H groups in total. The second-order valence-corrected chi connectivity index (χ2v) is 6.68. The van der Waals surface area contributed by atoms with Gasteiger partial charge in [0.15, 0.2) is 11.0 Å². The monoisotopic (exact) mass is 351 g/mol. The van der Waals surface area contributed by atoms with Crippen molar-refractivity contribution in [3.05, 3.63) is 58.2 Å². The molecule has 1 atom stereocenters. The van der Waals surface area contributed by atoms with E-state index in [1.54, 1.807) is 30.5 Å². The number of amides is 1. The number of hydrogen-bond donors (Lipinski definition) is 1. The number of halogens is 2. The fourth-order valence-electron chi connectivity index (χ4n) is 2.02. The molecule has 1 aromatic heterocycles. The van der Waals surface area contributed by atoms with Crippen molar-refractivity contribution in [2.75, 3.05) is 0 Å². The zero-order valence-corrected chi connectivity index (χ0v) is 13.6. The van der Waals surface area contributed by atoms with Crippen molar-refractivity contribution >= 4 is 51.9 Å². The number of benzene rings is 1. The number of carbonyl (C=O) groups is 1. The lowest BCUT2D eigenvalue weighted by Crippen LogP contribution is -2.26. The van der Waals surface area contributed by atoms with Crippen LogP contribution in [0.25, 0.3) is 0 Å². The molecule has 0 aliphatic carbocycles. The van der Waals surface area contributed by atoms with Crippen molar-refractivity contribution in [2.45, 2.75) is 11.7 Å². The Morgan fingerprint density at radius 3 is 2.91 bits per heavy atom. The van der Waals surface area contributed by atoms with Crippen molar-refractivity contribution in [1.29, 1.82) is 0 Å². The highest BCUT2D eigenvalue weighted by atomic mass is 35.5. The summed E-state index contributed by atoms with van der Waals surface area (Å²) in [6, 6.07) is 10.7. The van der Waals surface area contributed by atoms with Gasteiger partial charge < -0.3 is 5.32 Å². The van der Waals surface area contributed by atoms with Crippen LogP contribution < -0.4 is 5.32 Å². The Bertz CT molecular complexity index is 737. The van der Waals surface area contributed by atoms with E-state index >= 15 is 0 Å². The van der Waals surface area contributed by atoms with Crippen molar-refractivity contribution in [3.63, 3.8) is 0 Å². The maximum Gasteiger partial charge on any atom is 0.239 e. The van der Waals surface area contributed by atoms with Crippen molar-refractivity contribution in [1.82, 2.24) is 10.3 Å². The summed E-state index contributed by atoms with van der Waals surface area (Å²) < 4.78 is 0. The first-order valence-electron chi connectivity index (χ1n) is 6.53. The van der Waals surface area contributed by atoms with E-state index in [4.69, 9.17) is 23.2 Å². The molecule has 1 fully saturated rings. The van der Waals surface area contributed by atoms with Crippen molar-refractivity contribution in [3.8, 4) is 0 Å². The number of hydrogen-bond acceptors (Lipinski definition) is 4. The van der Waals surface area contributed by atoms with Gasteiger partial charge in [-0.15, -0.1) is 0 Å². The molecule has 0 spiro atoms. The SMILES string of the molecule is O=C1N/C(=N/c2ccccn2)SC1Cc1cc(Cl)ccc1Cl. The van der Waals surface area contributed by atoms with Crippen LogP contribution in [0.4, 0.5) is 5.82 Å². The molecule has 112 valence electrons. The highest BCUT2D eigenvalue weighted by Crippen LogP contribution is 2.29. The number of thioether (sulfide) groups is 1. The lowest BCUT2D eigenvalue weighted by molar-refractivity contribution is -0.118. The first kappa shape index (κ1) is 15.3. The second-order valence-electron chi connectivity index (χ2n) is 4.64. The van der Waals surface area contributed by atoms with Gasteiger partial charge in [0.05, 0.1) is 5.25 Å². The first-order chi connectivity index (χ1) is 10.6. The summed E-state index contributed by atoms with van der Waals surface area (Å²) in [6.07, 6.45) is 2.15. The van der Waals surface area contributed by atoms with E-state index < -0.39 is 0 Å². The topological polar surface area (TPSA) is 54.4 Å². The Hall–Kier alpha value is -1.56. The standard InChI is InChI=1S/C15H11Cl2N3OS/c16-10-4-5-11(17)9(7-10)8-12-14(21)20-15(22-12)19-13-3-1-2-6-18-13/h1-7,12H,8H2,(H,18,19,20,21). The number of carbonyl (C=O) groups excluding carboxylic acids is 1. The molecule has 0 saturated carbocycles. The third kappa shape index (κ3) is 3.61. The minimum Gasteiger partial charge on any atom is -0.304 e. The van der Waals surface area contributed by atoms with E-state index in [1.807, 2.05) is 12.1 Å². The summed E-state index contributed by atoms with van der Waals surface area (Å²) in [5.41, 5.74) is 0.848. The van der Waals surface area contributed by atoms with Crippen LogP contribution in [0, 0.1) is 0 Å². The molecule has 3 rings (SSSR count). The summed E-state index contributed by atoms with van der Waals surface area (Å²) in [5, 5.41) is 4.24. The third-order valence-electron chi connectivity index (χ3n) is 3.05. The molecular weight excluding hydrogens is 341 g/mol. The smallest absolute Gasteiger partial charge is 0.239 e. The molecule has 2 heterocycles. The van der Waals surface area contributed by atoms with Gasteiger partial charge in [0.1, 0.15) is 0 Å². The largest absolute Gasteiger partial charge is 0.304 e. The molecule has 2 aromatic rings. The molecule has 1 saturated heterocycles. The molecule has 0 bridgehead atoms. The maximum absolute atomic E-state index is 12.1. The van der Waals surface area contributed by atoms with Gasteiger partial charge in [0.2, 0.25) is 5.91 Å². The Morgan fingerprint density at radius 2 is 2.14 bits per heavy atom. The van der Waals surface area contributed by atoms with Crippen LogP contribution >= 0.6 is 35.0 Å². The van der Waals surface area contributed by atoms with E-state index in [2.05, 4.69) is 15.3 Å². The van der Waals surface area contributed by atoms with E-state index in [1.165, 1.54) is 11.8 Å². The Morgan fingerprint density at radius 1 is 1.27 bits per heavy atom. The molecular formula is C15H11Cl2N3OS. The van der Waals surface area contributed by atoms with Gasteiger partial charge in [0.25, 0.3) is 0 Å². The fourth-order valence-corrected chi connectivity index (χ4v) is 3.41. The highest BCUT2D eigenvalue weighted by molar-refractivity contribution is 8.15. The molecule has 1 amide bonds. The van der Waals surface area contributed by atoms with Crippen LogP contribution in [0.2, 0.25) is 10.0 Å². The van der Waals surface area contributed by atoms with Crippen molar-refractivity contribution in [2.24, 2.45) is 4.99 Å². The number of nitrogens with zero attached hydrogens (tertiary/aromatic N) is 2. The zero-order valence-electron chi connectivity index (χ0n) is 11.3. The Kier molecular flexibility index (Phi) is 4.66. The van der Waals surface area contributed by atoms with Gasteiger partial charge in [-0.25, -0.2) is 9.98 Å². The van der Waals surface area contributed by atoms with Crippen LogP contribution in [0.5, 0.6) is 0 Å². The predicted octanol–water partition coefficient (Wildman–Crippen LogP) is 3.85. The molecule has 1 aromatic carbocycles. The minimum atomic E-state index is -0.279. The number of aromatic nitrogens is 1. The van der Waals surface area contributed by atoms with E-state index in [-0.39, 0.29) is 11.2 Å². The molecule has 1 aliphatic rings. The van der Waals surface area contributed by atoms with Crippen LogP contribution in [0.15, 0.2) is 47.6 Å². The highest BCUT2D eigenvalue weighted by Gasteiger charge is 2.31. The summed E-state index contributed by atoms with van der Waals surface area (Å²) in [4.78, 5) is 20.5. The van der Waals surface area contributed by atoms with E-state index in [0.717, 1.165) is 5.56 Å². The molecule has 22 heavy (non-hydrogen) atoms. The lowest BCUT2D eigenvalue weighted by Gasteiger charge is -2.07. The van der Waals surface area contributed by atoms with Gasteiger partial charge in [-0.1, -0.05) is 41.0 Å². The predicted molar refractivity (Wildman–Crippen MR) is 91.0 cm³/mol. The number of nitrogens with one attached hydrogen (secondary N) is 1.